The van der Waals surface area contributed by atoms with Crippen molar-refractivity contribution < 1.29 is 4.39 Å². The summed E-state index contributed by atoms with van der Waals surface area (Å²) in [5, 5.41) is 3.40. The lowest BCUT2D eigenvalue weighted by Gasteiger charge is -2.19. The van der Waals surface area contributed by atoms with Gasteiger partial charge in [0.15, 0.2) is 0 Å². The van der Waals surface area contributed by atoms with Crippen molar-refractivity contribution in [3.8, 4) is 0 Å². The average molecular weight is 285 g/mol. The summed E-state index contributed by atoms with van der Waals surface area (Å²) in [5.41, 5.74) is 4.28. The molecule has 0 spiro atoms. The number of halogens is 1. The summed E-state index contributed by atoms with van der Waals surface area (Å²) in [7, 11) is 0. The molecule has 0 aliphatic rings. The Balaban J connectivity index is 2.21. The molecular weight excluding hydrogens is 261 g/mol. The fourth-order valence-electron chi connectivity index (χ4n) is 2.60. The maximum atomic E-state index is 14.2. The average Bonchev–Trinajstić information content (AvgIpc) is 2.48. The lowest BCUT2D eigenvalue weighted by Crippen LogP contribution is -2.24. The third kappa shape index (κ3) is 4.15. The predicted molar refractivity (Wildman–Crippen MR) is 87.1 cm³/mol. The normalized spacial score (nSPS) is 12.4. The number of likely N-dealkylation sites (N-methyl/N-ethyl adjacent to an activating group) is 1. The molecule has 21 heavy (non-hydrogen) atoms. The largest absolute Gasteiger partial charge is 0.310 e. The first-order valence-corrected chi connectivity index (χ1v) is 7.71. The minimum Gasteiger partial charge on any atom is -0.310 e. The van der Waals surface area contributed by atoms with Gasteiger partial charge in [-0.2, -0.15) is 0 Å². The molecule has 2 aromatic rings. The van der Waals surface area contributed by atoms with Crippen LogP contribution in [0.2, 0.25) is 0 Å². The molecular formula is C19H24FN. The highest BCUT2D eigenvalue weighted by Crippen LogP contribution is 2.22. The summed E-state index contributed by atoms with van der Waals surface area (Å²) in [5.74, 6) is -0.119. The highest BCUT2D eigenvalue weighted by molar-refractivity contribution is 5.29. The van der Waals surface area contributed by atoms with E-state index in [4.69, 9.17) is 0 Å². The Bertz CT molecular complexity index is 575. The Labute approximate surface area is 127 Å². The topological polar surface area (TPSA) is 12.0 Å². The van der Waals surface area contributed by atoms with Crippen LogP contribution in [-0.4, -0.2) is 6.54 Å². The molecule has 2 heteroatoms. The Morgan fingerprint density at radius 1 is 1.00 bits per heavy atom. The summed E-state index contributed by atoms with van der Waals surface area (Å²) < 4.78 is 14.2. The van der Waals surface area contributed by atoms with E-state index in [1.807, 2.05) is 19.1 Å². The lowest BCUT2D eigenvalue weighted by molar-refractivity contribution is 0.509. The van der Waals surface area contributed by atoms with Gasteiger partial charge in [0.05, 0.1) is 0 Å². The molecule has 0 aliphatic carbocycles. The van der Waals surface area contributed by atoms with E-state index in [-0.39, 0.29) is 11.9 Å². The quantitative estimate of drug-likeness (QED) is 0.818. The van der Waals surface area contributed by atoms with Crippen LogP contribution in [0.1, 0.15) is 42.1 Å². The van der Waals surface area contributed by atoms with Gasteiger partial charge in [-0.15, -0.1) is 0 Å². The van der Waals surface area contributed by atoms with Crippen molar-refractivity contribution in [2.24, 2.45) is 0 Å². The van der Waals surface area contributed by atoms with E-state index in [0.717, 1.165) is 30.5 Å². The fourth-order valence-corrected chi connectivity index (χ4v) is 2.60. The summed E-state index contributed by atoms with van der Waals surface area (Å²) in [6, 6.07) is 14.1. The molecule has 1 atom stereocenters. The Hall–Kier alpha value is -1.67. The van der Waals surface area contributed by atoms with Crippen LogP contribution in [0.15, 0.2) is 42.5 Å². The van der Waals surface area contributed by atoms with Gasteiger partial charge in [-0.1, -0.05) is 50.2 Å². The van der Waals surface area contributed by atoms with Gasteiger partial charge in [0, 0.05) is 11.6 Å². The maximum absolute atomic E-state index is 14.2. The first kappa shape index (κ1) is 15.7. The Morgan fingerprint density at radius 3 is 2.24 bits per heavy atom. The number of rotatable bonds is 6. The molecule has 0 aromatic heterocycles. The summed E-state index contributed by atoms with van der Waals surface area (Å²) in [6.07, 6.45) is 1.85. The molecule has 2 rings (SSSR count). The minimum absolute atomic E-state index is 0.0167. The molecule has 0 saturated heterocycles. The van der Waals surface area contributed by atoms with Crippen molar-refractivity contribution in [1.82, 2.24) is 5.32 Å². The standard InChI is InChI=1S/C19H24FN/c1-4-15-7-9-16(10-8-15)13-19(21-5-2)17-11-6-14(3)12-18(17)20/h6-12,19,21H,4-5,13H2,1-3H3. The highest BCUT2D eigenvalue weighted by atomic mass is 19.1. The van der Waals surface area contributed by atoms with E-state index in [2.05, 4.69) is 43.4 Å². The van der Waals surface area contributed by atoms with Crippen LogP contribution in [-0.2, 0) is 12.8 Å². The molecule has 0 fully saturated rings. The number of benzene rings is 2. The van der Waals surface area contributed by atoms with Crippen molar-refractivity contribution in [2.45, 2.75) is 39.7 Å². The summed E-state index contributed by atoms with van der Waals surface area (Å²) >= 11 is 0. The van der Waals surface area contributed by atoms with E-state index in [9.17, 15) is 4.39 Å². The number of hydrogen-bond donors (Lipinski definition) is 1. The number of hydrogen-bond acceptors (Lipinski definition) is 1. The van der Waals surface area contributed by atoms with Gasteiger partial charge in [-0.25, -0.2) is 4.39 Å². The van der Waals surface area contributed by atoms with Crippen molar-refractivity contribution >= 4 is 0 Å². The molecule has 1 N–H and O–H groups in total. The monoisotopic (exact) mass is 285 g/mol. The van der Waals surface area contributed by atoms with Gasteiger partial charge < -0.3 is 5.32 Å². The van der Waals surface area contributed by atoms with Crippen molar-refractivity contribution in [2.75, 3.05) is 6.54 Å². The smallest absolute Gasteiger partial charge is 0.128 e. The van der Waals surface area contributed by atoms with Crippen molar-refractivity contribution in [3.05, 3.63) is 70.5 Å². The van der Waals surface area contributed by atoms with Gasteiger partial charge in [0.25, 0.3) is 0 Å². The van der Waals surface area contributed by atoms with Crippen LogP contribution < -0.4 is 5.32 Å². The van der Waals surface area contributed by atoms with E-state index in [1.54, 1.807) is 6.07 Å². The second-order valence-corrected chi connectivity index (χ2v) is 5.51. The van der Waals surface area contributed by atoms with E-state index in [0.29, 0.717) is 0 Å². The minimum atomic E-state index is -0.119. The second-order valence-electron chi connectivity index (χ2n) is 5.51. The molecule has 0 saturated carbocycles. The molecule has 112 valence electrons. The zero-order chi connectivity index (χ0) is 15.2. The van der Waals surface area contributed by atoms with Gasteiger partial charge in [0.1, 0.15) is 5.82 Å². The molecule has 0 amide bonds. The van der Waals surface area contributed by atoms with Crippen LogP contribution >= 0.6 is 0 Å². The molecule has 0 radical (unpaired) electrons. The Kier molecular flexibility index (Phi) is 5.51. The predicted octanol–water partition coefficient (Wildman–Crippen LogP) is 4.59. The highest BCUT2D eigenvalue weighted by Gasteiger charge is 2.15. The van der Waals surface area contributed by atoms with Crippen LogP contribution in [0.25, 0.3) is 0 Å². The van der Waals surface area contributed by atoms with Crippen LogP contribution in [0, 0.1) is 12.7 Å². The first-order chi connectivity index (χ1) is 10.1. The van der Waals surface area contributed by atoms with Gasteiger partial charge in [-0.3, -0.25) is 0 Å². The van der Waals surface area contributed by atoms with Gasteiger partial charge >= 0.3 is 0 Å². The van der Waals surface area contributed by atoms with Crippen molar-refractivity contribution in [1.29, 1.82) is 0 Å². The fraction of sp³-hybridized carbons (Fsp3) is 0.368. The zero-order valence-corrected chi connectivity index (χ0v) is 13.1. The molecule has 1 nitrogen and oxygen atoms in total. The van der Waals surface area contributed by atoms with Crippen LogP contribution in [0.3, 0.4) is 0 Å². The molecule has 1 unspecified atom stereocenters. The van der Waals surface area contributed by atoms with Crippen LogP contribution in [0.4, 0.5) is 4.39 Å². The molecule has 0 heterocycles. The maximum Gasteiger partial charge on any atom is 0.128 e. The van der Waals surface area contributed by atoms with Gasteiger partial charge in [0.2, 0.25) is 0 Å². The first-order valence-electron chi connectivity index (χ1n) is 7.71. The van der Waals surface area contributed by atoms with E-state index >= 15 is 0 Å². The summed E-state index contributed by atoms with van der Waals surface area (Å²) in [6.45, 7) is 6.95. The second kappa shape index (κ2) is 7.37. The van der Waals surface area contributed by atoms with E-state index < -0.39 is 0 Å². The molecule has 2 aromatic carbocycles. The number of aryl methyl sites for hydroxylation is 2. The third-order valence-electron chi connectivity index (χ3n) is 3.85. The zero-order valence-electron chi connectivity index (χ0n) is 13.1. The lowest BCUT2D eigenvalue weighted by atomic mass is 9.96. The molecule has 0 bridgehead atoms. The third-order valence-corrected chi connectivity index (χ3v) is 3.85. The Morgan fingerprint density at radius 2 is 1.67 bits per heavy atom. The van der Waals surface area contributed by atoms with Crippen LogP contribution in [0.5, 0.6) is 0 Å². The van der Waals surface area contributed by atoms with E-state index in [1.165, 1.54) is 11.1 Å². The van der Waals surface area contributed by atoms with Gasteiger partial charge in [-0.05, 0) is 49.1 Å². The summed E-state index contributed by atoms with van der Waals surface area (Å²) in [4.78, 5) is 0. The van der Waals surface area contributed by atoms with Crippen molar-refractivity contribution in [3.63, 3.8) is 0 Å². The molecule has 0 aliphatic heterocycles. The number of nitrogens with one attached hydrogen (secondary N) is 1. The SMILES string of the molecule is CCNC(Cc1ccc(CC)cc1)c1ccc(C)cc1F.